The average Bonchev–Trinajstić information content (AvgIpc) is 2.76. The van der Waals surface area contributed by atoms with Gasteiger partial charge in [-0.15, -0.1) is 0 Å². The Morgan fingerprint density at radius 3 is 2.70 bits per heavy atom. The predicted octanol–water partition coefficient (Wildman–Crippen LogP) is 5.01. The summed E-state index contributed by atoms with van der Waals surface area (Å²) in [4.78, 5) is 17.7. The van der Waals surface area contributed by atoms with Gasteiger partial charge >= 0.3 is 0 Å². The van der Waals surface area contributed by atoms with Gasteiger partial charge in [0.25, 0.3) is 0 Å². The molecule has 3 aromatic rings. The summed E-state index contributed by atoms with van der Waals surface area (Å²) in [6, 6.07) is 19.5. The van der Waals surface area contributed by atoms with Crippen molar-refractivity contribution < 1.29 is 9.53 Å². The SMILES string of the molecule is NC(=O)c1ccc(Oc2ccc(CN3CCCC(c4cccc(Cl)c4)C3)cc2)nc1. The van der Waals surface area contributed by atoms with Gasteiger partial charge in [-0.05, 0) is 66.8 Å². The molecular weight excluding hydrogens is 398 g/mol. The van der Waals surface area contributed by atoms with Gasteiger partial charge < -0.3 is 10.5 Å². The molecule has 4 rings (SSSR count). The minimum absolute atomic E-state index is 0.357. The van der Waals surface area contributed by atoms with Crippen LogP contribution in [0.1, 0.15) is 40.2 Å². The number of nitrogens with zero attached hydrogens (tertiary/aromatic N) is 2. The molecule has 2 N–H and O–H groups in total. The van der Waals surface area contributed by atoms with E-state index < -0.39 is 5.91 Å². The maximum absolute atomic E-state index is 11.1. The predicted molar refractivity (Wildman–Crippen MR) is 118 cm³/mol. The van der Waals surface area contributed by atoms with Gasteiger partial charge in [0.2, 0.25) is 11.8 Å². The normalized spacial score (nSPS) is 16.9. The zero-order chi connectivity index (χ0) is 20.9. The lowest BCUT2D eigenvalue weighted by Gasteiger charge is -2.33. The number of amides is 1. The summed E-state index contributed by atoms with van der Waals surface area (Å²) in [6.07, 6.45) is 3.80. The fraction of sp³-hybridized carbons (Fsp3) is 0.250. The Labute approximate surface area is 181 Å². The second-order valence-electron chi connectivity index (χ2n) is 7.62. The van der Waals surface area contributed by atoms with Gasteiger partial charge in [-0.2, -0.15) is 0 Å². The van der Waals surface area contributed by atoms with Gasteiger partial charge in [0.1, 0.15) is 5.75 Å². The lowest BCUT2D eigenvalue weighted by atomic mass is 9.90. The number of benzene rings is 2. The molecule has 0 saturated carbocycles. The van der Waals surface area contributed by atoms with Gasteiger partial charge in [0.05, 0.1) is 5.56 Å². The van der Waals surface area contributed by atoms with Gasteiger partial charge in [-0.3, -0.25) is 9.69 Å². The molecule has 30 heavy (non-hydrogen) atoms. The van der Waals surface area contributed by atoms with Crippen LogP contribution in [0.4, 0.5) is 0 Å². The van der Waals surface area contributed by atoms with E-state index in [-0.39, 0.29) is 0 Å². The largest absolute Gasteiger partial charge is 0.439 e. The first-order valence-corrected chi connectivity index (χ1v) is 10.4. The molecular formula is C24H24ClN3O2. The number of hydrogen-bond donors (Lipinski definition) is 1. The Hall–Kier alpha value is -2.89. The molecule has 1 unspecified atom stereocenters. The number of halogens is 1. The Kier molecular flexibility index (Phi) is 6.31. The molecule has 1 amide bonds. The highest BCUT2D eigenvalue weighted by atomic mass is 35.5. The van der Waals surface area contributed by atoms with E-state index in [9.17, 15) is 4.79 Å². The lowest BCUT2D eigenvalue weighted by Crippen LogP contribution is -2.33. The third-order valence-electron chi connectivity index (χ3n) is 5.40. The van der Waals surface area contributed by atoms with Gasteiger partial charge in [0, 0.05) is 30.4 Å². The molecule has 1 aliphatic rings. The van der Waals surface area contributed by atoms with Crippen molar-refractivity contribution in [2.45, 2.75) is 25.3 Å². The molecule has 0 radical (unpaired) electrons. The number of carbonyl (C=O) groups excluding carboxylic acids is 1. The van der Waals surface area contributed by atoms with Crippen molar-refractivity contribution in [3.05, 3.63) is 88.6 Å². The Morgan fingerprint density at radius 1 is 1.17 bits per heavy atom. The van der Waals surface area contributed by atoms with Crippen LogP contribution in [-0.4, -0.2) is 28.9 Å². The second-order valence-corrected chi connectivity index (χ2v) is 8.06. The third-order valence-corrected chi connectivity index (χ3v) is 5.63. The minimum atomic E-state index is -0.506. The summed E-state index contributed by atoms with van der Waals surface area (Å²) in [6.45, 7) is 3.04. The molecule has 1 atom stereocenters. The highest BCUT2D eigenvalue weighted by Crippen LogP contribution is 2.29. The van der Waals surface area contributed by atoms with Crippen molar-refractivity contribution in [3.63, 3.8) is 0 Å². The summed E-state index contributed by atoms with van der Waals surface area (Å²) < 4.78 is 5.75. The van der Waals surface area contributed by atoms with E-state index in [4.69, 9.17) is 22.1 Å². The number of aromatic nitrogens is 1. The van der Waals surface area contributed by atoms with E-state index in [0.29, 0.717) is 23.1 Å². The molecule has 2 aromatic carbocycles. The molecule has 5 nitrogen and oxygen atoms in total. The molecule has 0 aliphatic carbocycles. The van der Waals surface area contributed by atoms with Crippen LogP contribution in [0.3, 0.4) is 0 Å². The topological polar surface area (TPSA) is 68.5 Å². The molecule has 2 heterocycles. The van der Waals surface area contributed by atoms with E-state index in [1.54, 1.807) is 12.1 Å². The van der Waals surface area contributed by atoms with Gasteiger partial charge in [-0.1, -0.05) is 35.9 Å². The standard InChI is InChI=1S/C24H24ClN3O2/c25-21-5-1-3-18(13-21)20-4-2-12-28(16-20)15-17-6-9-22(10-7-17)30-23-11-8-19(14-27-23)24(26)29/h1,3,5-11,13-14,20H,2,4,12,15-16H2,(H2,26,29). The first-order chi connectivity index (χ1) is 14.6. The first-order valence-electron chi connectivity index (χ1n) is 10.1. The summed E-state index contributed by atoms with van der Waals surface area (Å²) in [5.41, 5.74) is 8.15. The zero-order valence-electron chi connectivity index (χ0n) is 16.6. The molecule has 6 heteroatoms. The molecule has 1 fully saturated rings. The summed E-state index contributed by atoms with van der Waals surface area (Å²) >= 11 is 6.17. The van der Waals surface area contributed by atoms with E-state index in [2.05, 4.69) is 34.1 Å². The lowest BCUT2D eigenvalue weighted by molar-refractivity contribution is 0.1000. The maximum Gasteiger partial charge on any atom is 0.250 e. The number of ether oxygens (including phenoxy) is 1. The van der Waals surface area contributed by atoms with E-state index in [1.165, 1.54) is 30.2 Å². The minimum Gasteiger partial charge on any atom is -0.439 e. The van der Waals surface area contributed by atoms with Gasteiger partial charge in [0.15, 0.2) is 0 Å². The average molecular weight is 422 g/mol. The zero-order valence-corrected chi connectivity index (χ0v) is 17.4. The Bertz CT molecular complexity index is 1010. The smallest absolute Gasteiger partial charge is 0.250 e. The molecule has 1 saturated heterocycles. The molecule has 154 valence electrons. The summed E-state index contributed by atoms with van der Waals surface area (Å²) in [5, 5.41) is 0.805. The van der Waals surface area contributed by atoms with Crippen LogP contribution in [0.2, 0.25) is 5.02 Å². The number of likely N-dealkylation sites (tertiary alicyclic amines) is 1. The molecule has 1 aromatic heterocycles. The molecule has 1 aliphatic heterocycles. The monoisotopic (exact) mass is 421 g/mol. The highest BCUT2D eigenvalue weighted by Gasteiger charge is 2.21. The number of hydrogen-bond acceptors (Lipinski definition) is 4. The van der Waals surface area contributed by atoms with Crippen LogP contribution in [-0.2, 0) is 6.54 Å². The van der Waals surface area contributed by atoms with Crippen molar-refractivity contribution in [3.8, 4) is 11.6 Å². The number of primary amides is 1. The molecule has 0 spiro atoms. The van der Waals surface area contributed by atoms with Crippen LogP contribution in [0, 0.1) is 0 Å². The fourth-order valence-corrected chi connectivity index (χ4v) is 4.06. The number of nitrogens with two attached hydrogens (primary N) is 1. The highest BCUT2D eigenvalue weighted by molar-refractivity contribution is 6.30. The number of pyridine rings is 1. The van der Waals surface area contributed by atoms with E-state index in [0.717, 1.165) is 24.7 Å². The van der Waals surface area contributed by atoms with Crippen LogP contribution < -0.4 is 10.5 Å². The quantitative estimate of drug-likeness (QED) is 0.607. The Morgan fingerprint density at radius 2 is 2.00 bits per heavy atom. The summed E-state index contributed by atoms with van der Waals surface area (Å²) in [5.74, 6) is 1.14. The van der Waals surface area contributed by atoms with E-state index in [1.807, 2.05) is 24.3 Å². The number of piperidine rings is 1. The molecule has 0 bridgehead atoms. The van der Waals surface area contributed by atoms with Crippen molar-refractivity contribution in [1.82, 2.24) is 9.88 Å². The number of carbonyl (C=O) groups is 1. The van der Waals surface area contributed by atoms with Crippen LogP contribution in [0.5, 0.6) is 11.6 Å². The second kappa shape index (κ2) is 9.28. The van der Waals surface area contributed by atoms with E-state index >= 15 is 0 Å². The van der Waals surface area contributed by atoms with Crippen molar-refractivity contribution >= 4 is 17.5 Å². The Balaban J connectivity index is 1.35. The van der Waals surface area contributed by atoms with Gasteiger partial charge in [-0.25, -0.2) is 4.98 Å². The third kappa shape index (κ3) is 5.17. The van der Waals surface area contributed by atoms with Crippen LogP contribution in [0.15, 0.2) is 66.9 Å². The van der Waals surface area contributed by atoms with Crippen LogP contribution in [0.25, 0.3) is 0 Å². The van der Waals surface area contributed by atoms with Crippen molar-refractivity contribution in [1.29, 1.82) is 0 Å². The summed E-state index contributed by atoms with van der Waals surface area (Å²) in [7, 11) is 0. The van der Waals surface area contributed by atoms with Crippen molar-refractivity contribution in [2.75, 3.05) is 13.1 Å². The number of rotatable bonds is 6. The fourth-order valence-electron chi connectivity index (χ4n) is 3.86. The first kappa shape index (κ1) is 20.4. The van der Waals surface area contributed by atoms with Crippen LogP contribution >= 0.6 is 11.6 Å². The maximum atomic E-state index is 11.1. The van der Waals surface area contributed by atoms with Crippen molar-refractivity contribution in [2.24, 2.45) is 5.73 Å².